The second kappa shape index (κ2) is 8.37. The molecule has 2 N–H and O–H groups in total. The fraction of sp³-hybridized carbons (Fsp3) is 0.500. The number of nitrogens with zero attached hydrogens (tertiary/aromatic N) is 3. The van der Waals surface area contributed by atoms with Crippen LogP contribution in [0.5, 0.6) is 0 Å². The minimum atomic E-state index is -1.02. The van der Waals surface area contributed by atoms with E-state index in [1.54, 1.807) is 0 Å². The van der Waals surface area contributed by atoms with E-state index in [1.807, 2.05) is 0 Å². The zero-order valence-corrected chi connectivity index (χ0v) is 11.5. The van der Waals surface area contributed by atoms with Crippen LogP contribution in [0.4, 0.5) is 0 Å². The molecule has 1 atom stereocenters. The Morgan fingerprint density at radius 1 is 1.65 bits per heavy atom. The van der Waals surface area contributed by atoms with Gasteiger partial charge in [0.1, 0.15) is 11.9 Å². The van der Waals surface area contributed by atoms with Gasteiger partial charge in [0.2, 0.25) is 0 Å². The van der Waals surface area contributed by atoms with E-state index in [-0.39, 0.29) is 35.3 Å². The van der Waals surface area contributed by atoms with Crippen molar-refractivity contribution in [2.75, 3.05) is 13.2 Å². The van der Waals surface area contributed by atoms with E-state index < -0.39 is 17.9 Å². The minimum absolute atomic E-state index is 0. The number of hydrogen-bond acceptors (Lipinski definition) is 4. The summed E-state index contributed by atoms with van der Waals surface area (Å²) >= 11 is 4.93. The summed E-state index contributed by atoms with van der Waals surface area (Å²) in [4.78, 5) is 22.2. The summed E-state index contributed by atoms with van der Waals surface area (Å²) in [5, 5.41) is 11.4. The van der Waals surface area contributed by atoms with Gasteiger partial charge in [-0.25, -0.2) is 6.67 Å². The number of nitrogens with two attached hydrogens (primary N) is 1. The summed E-state index contributed by atoms with van der Waals surface area (Å²) in [5.74, 6) is -1.41. The summed E-state index contributed by atoms with van der Waals surface area (Å²) in [6.07, 6.45) is 1.64. The summed E-state index contributed by atoms with van der Waals surface area (Å²) in [6.45, 7) is 0.0510. The summed E-state index contributed by atoms with van der Waals surface area (Å²) in [5.41, 5.74) is 5.66. The normalized spacial score (nSPS) is 14.6. The van der Waals surface area contributed by atoms with Crippen molar-refractivity contribution in [3.8, 4) is 0 Å². The number of hydrogen-bond donors (Lipinski definition) is 1. The van der Waals surface area contributed by atoms with E-state index in [0.29, 0.717) is 12.4 Å². The van der Waals surface area contributed by atoms with Gasteiger partial charge in [0.05, 0.1) is 5.91 Å². The van der Waals surface area contributed by atoms with E-state index in [9.17, 15) is 9.59 Å². The van der Waals surface area contributed by atoms with Crippen molar-refractivity contribution in [1.82, 2.24) is 0 Å². The van der Waals surface area contributed by atoms with Gasteiger partial charge in [-0.15, -0.1) is 0 Å². The van der Waals surface area contributed by atoms with E-state index in [0.717, 1.165) is 0 Å². The van der Waals surface area contributed by atoms with Gasteiger partial charge in [0.15, 0.2) is 0 Å². The predicted octanol–water partition coefficient (Wildman–Crippen LogP) is 0.858. The standard InChI is InChI=1S/C8H11ClN4O3.Au/c9-16-8(15)6(13-7(14)2-10)1-5-3-11-4-12-5;/h3,6H,1-2,4,10H2,(H,13,14);/q-2;+3/p-1/t6-;/m0./s1. The Morgan fingerprint density at radius 2 is 2.35 bits per heavy atom. The van der Waals surface area contributed by atoms with E-state index in [4.69, 9.17) is 17.6 Å². The molecule has 0 aliphatic carbocycles. The zero-order valence-electron chi connectivity index (χ0n) is 8.60. The van der Waals surface area contributed by atoms with Crippen molar-refractivity contribution in [2.24, 2.45) is 5.73 Å². The Kier molecular flexibility index (Phi) is 8.01. The molecule has 9 heteroatoms. The summed E-state index contributed by atoms with van der Waals surface area (Å²) < 4.78 is 4.02. The molecule has 1 aliphatic heterocycles. The molecule has 0 aromatic heterocycles. The molecule has 0 saturated carbocycles. The second-order valence-electron chi connectivity index (χ2n) is 2.95. The third kappa shape index (κ3) is 5.42. The molecule has 1 amide bonds. The van der Waals surface area contributed by atoms with E-state index >= 15 is 0 Å². The Balaban J connectivity index is 0.00000256. The first-order valence-corrected chi connectivity index (χ1v) is 4.77. The zero-order chi connectivity index (χ0) is 12.0. The molecule has 0 spiro atoms. The molecule has 1 aliphatic rings. The SMILES string of the molecule is NCC(=O)[N-][C@@H](CC1=C[N-]C[N-]1)C(=O)OCl.[Au+3]. The van der Waals surface area contributed by atoms with Crippen LogP contribution in [0.3, 0.4) is 0 Å². The molecule has 0 fully saturated rings. The van der Waals surface area contributed by atoms with E-state index in [1.165, 1.54) is 6.20 Å². The third-order valence-corrected chi connectivity index (χ3v) is 1.97. The molecular weight excluding hydrogens is 433 g/mol. The van der Waals surface area contributed by atoms with Crippen molar-refractivity contribution in [2.45, 2.75) is 12.5 Å². The summed E-state index contributed by atoms with van der Waals surface area (Å²) in [7, 11) is 0. The van der Waals surface area contributed by atoms with Crippen LogP contribution in [-0.2, 0) is 36.3 Å². The van der Waals surface area contributed by atoms with Crippen molar-refractivity contribution in [3.05, 3.63) is 27.8 Å². The molecule has 0 unspecified atom stereocenters. The average Bonchev–Trinajstić information content (AvgIpc) is 2.79. The molecule has 98 valence electrons. The number of halogens is 1. The van der Waals surface area contributed by atoms with Crippen molar-refractivity contribution >= 4 is 23.7 Å². The maximum absolute atomic E-state index is 11.2. The van der Waals surface area contributed by atoms with Crippen molar-refractivity contribution < 1.29 is 36.3 Å². The molecule has 7 nitrogen and oxygen atoms in total. The first-order chi connectivity index (χ1) is 7.67. The Morgan fingerprint density at radius 3 is 2.82 bits per heavy atom. The van der Waals surface area contributed by atoms with Gasteiger partial charge in [0.25, 0.3) is 0 Å². The molecular formula is C8H10AuClN4O3. The fourth-order valence-corrected chi connectivity index (χ4v) is 1.20. The monoisotopic (exact) mass is 442 g/mol. The Hall–Kier alpha value is -0.730. The predicted molar refractivity (Wildman–Crippen MR) is 57.4 cm³/mol. The van der Waals surface area contributed by atoms with Crippen LogP contribution in [0.1, 0.15) is 6.42 Å². The molecule has 1 rings (SSSR count). The second-order valence-corrected chi connectivity index (χ2v) is 3.10. The molecule has 1 heterocycles. The smallest absolute Gasteiger partial charge is 0.707 e. The molecule has 0 saturated heterocycles. The topological polar surface area (TPSA) is 112 Å². The first-order valence-electron chi connectivity index (χ1n) is 4.46. The van der Waals surface area contributed by atoms with Gasteiger partial charge in [-0.2, -0.15) is 11.9 Å². The largest absolute Gasteiger partial charge is 3.00 e. The van der Waals surface area contributed by atoms with Gasteiger partial charge < -0.3 is 30.8 Å². The third-order valence-electron chi connectivity index (χ3n) is 1.82. The first kappa shape index (κ1) is 16.3. The maximum atomic E-state index is 11.2. The molecule has 0 aromatic carbocycles. The molecule has 0 aromatic rings. The molecule has 0 bridgehead atoms. The van der Waals surface area contributed by atoms with Gasteiger partial charge in [-0.3, -0.25) is 4.79 Å². The number of carbonyl (C=O) groups is 2. The van der Waals surface area contributed by atoms with Gasteiger partial charge in [0, 0.05) is 6.54 Å². The van der Waals surface area contributed by atoms with Crippen LogP contribution >= 0.6 is 11.9 Å². The fourth-order valence-electron chi connectivity index (χ4n) is 1.09. The minimum Gasteiger partial charge on any atom is -0.707 e. The van der Waals surface area contributed by atoms with Crippen LogP contribution in [0.2, 0.25) is 0 Å². The van der Waals surface area contributed by atoms with Gasteiger partial charge in [-0.1, -0.05) is 6.42 Å². The van der Waals surface area contributed by atoms with Gasteiger partial charge in [-0.05, 0) is 6.04 Å². The Labute approximate surface area is 119 Å². The van der Waals surface area contributed by atoms with Crippen LogP contribution < -0.4 is 5.73 Å². The number of carbonyl (C=O) groups excluding carboxylic acids is 2. The number of amides is 1. The number of rotatable bonds is 5. The van der Waals surface area contributed by atoms with Crippen LogP contribution in [0, 0.1) is 0 Å². The van der Waals surface area contributed by atoms with Crippen LogP contribution in [0.15, 0.2) is 11.9 Å². The molecule has 0 radical (unpaired) electrons. The maximum Gasteiger partial charge on any atom is 3.00 e. The van der Waals surface area contributed by atoms with Crippen LogP contribution in [0.25, 0.3) is 16.0 Å². The van der Waals surface area contributed by atoms with Crippen molar-refractivity contribution in [3.63, 3.8) is 0 Å². The van der Waals surface area contributed by atoms with Crippen LogP contribution in [-0.4, -0.2) is 31.1 Å². The van der Waals surface area contributed by atoms with E-state index in [2.05, 4.69) is 20.2 Å². The quantitative estimate of drug-likeness (QED) is 0.636. The summed E-state index contributed by atoms with van der Waals surface area (Å²) in [6, 6.07) is -1.02. The van der Waals surface area contributed by atoms with Crippen molar-refractivity contribution in [1.29, 1.82) is 0 Å². The van der Waals surface area contributed by atoms with Gasteiger partial charge >= 0.3 is 28.3 Å². The molecule has 17 heavy (non-hydrogen) atoms. The average molecular weight is 443 g/mol. The Bertz CT molecular complexity index is 313.